The number of carbonyl (C=O) groups excluding carboxylic acids is 1. The van der Waals surface area contributed by atoms with E-state index in [9.17, 15) is 4.79 Å². The Kier molecular flexibility index (Phi) is 6.15. The van der Waals surface area contributed by atoms with Crippen LogP contribution in [-0.4, -0.2) is 32.3 Å². The van der Waals surface area contributed by atoms with Crippen LogP contribution in [-0.2, 0) is 4.74 Å². The minimum Gasteiger partial charge on any atom is -0.494 e. The van der Waals surface area contributed by atoms with Crippen LogP contribution in [0.4, 0.5) is 5.69 Å². The second-order valence-corrected chi connectivity index (χ2v) is 4.26. The Morgan fingerprint density at radius 1 is 1.37 bits per heavy atom. The number of hydrogen-bond donors (Lipinski definition) is 2. The highest BCUT2D eigenvalue weighted by Gasteiger charge is 2.13. The zero-order valence-corrected chi connectivity index (χ0v) is 11.7. The summed E-state index contributed by atoms with van der Waals surface area (Å²) in [4.78, 5) is 12.1. The molecule has 106 valence electrons. The Morgan fingerprint density at radius 3 is 2.68 bits per heavy atom. The van der Waals surface area contributed by atoms with Crippen molar-refractivity contribution in [1.82, 2.24) is 5.32 Å². The highest BCUT2D eigenvalue weighted by molar-refractivity contribution is 5.95. The molecule has 1 aromatic rings. The number of rotatable bonds is 7. The summed E-state index contributed by atoms with van der Waals surface area (Å²) in [6, 6.07) is 5.02. The zero-order valence-electron chi connectivity index (χ0n) is 11.7. The van der Waals surface area contributed by atoms with Gasteiger partial charge in [-0.3, -0.25) is 4.79 Å². The molecule has 0 aliphatic carbocycles. The number of nitrogen functional groups attached to an aromatic ring is 1. The van der Waals surface area contributed by atoms with E-state index in [4.69, 9.17) is 15.2 Å². The number of anilines is 1. The number of amides is 1. The molecular weight excluding hydrogens is 244 g/mol. The van der Waals surface area contributed by atoms with E-state index >= 15 is 0 Å². The van der Waals surface area contributed by atoms with Crippen LogP contribution in [0.2, 0.25) is 0 Å². The van der Waals surface area contributed by atoms with Crippen LogP contribution in [0.15, 0.2) is 18.2 Å². The van der Waals surface area contributed by atoms with Crippen LogP contribution >= 0.6 is 0 Å². The standard InChI is InChI=1S/C14H22N2O3/c1-4-12(9-18-3)16-14(17)10-6-11(15)8-13(7-10)19-5-2/h6-8,12H,4-5,9,15H2,1-3H3,(H,16,17). The Bertz CT molecular complexity index is 421. The van der Waals surface area contributed by atoms with Crippen molar-refractivity contribution in [3.05, 3.63) is 23.8 Å². The Balaban J connectivity index is 2.80. The molecule has 0 saturated heterocycles. The molecule has 0 aliphatic rings. The van der Waals surface area contributed by atoms with E-state index in [1.165, 1.54) is 0 Å². The summed E-state index contributed by atoms with van der Waals surface area (Å²) in [6.07, 6.45) is 0.806. The van der Waals surface area contributed by atoms with Gasteiger partial charge in [0.1, 0.15) is 5.75 Å². The Hall–Kier alpha value is -1.75. The molecule has 19 heavy (non-hydrogen) atoms. The second kappa shape index (κ2) is 7.63. The molecule has 5 nitrogen and oxygen atoms in total. The normalized spacial score (nSPS) is 11.9. The lowest BCUT2D eigenvalue weighted by Gasteiger charge is -2.16. The van der Waals surface area contributed by atoms with E-state index < -0.39 is 0 Å². The number of benzene rings is 1. The van der Waals surface area contributed by atoms with Gasteiger partial charge in [-0.1, -0.05) is 6.92 Å². The summed E-state index contributed by atoms with van der Waals surface area (Å²) in [5, 5.41) is 2.91. The molecule has 0 aromatic heterocycles. The molecule has 3 N–H and O–H groups in total. The first-order valence-electron chi connectivity index (χ1n) is 6.43. The van der Waals surface area contributed by atoms with Crippen molar-refractivity contribution >= 4 is 11.6 Å². The van der Waals surface area contributed by atoms with Crippen LogP contribution in [0.5, 0.6) is 5.75 Å². The van der Waals surface area contributed by atoms with E-state index in [1.807, 2.05) is 13.8 Å². The number of carbonyl (C=O) groups is 1. The van der Waals surface area contributed by atoms with Gasteiger partial charge in [-0.25, -0.2) is 0 Å². The fraction of sp³-hybridized carbons (Fsp3) is 0.500. The molecule has 1 unspecified atom stereocenters. The van der Waals surface area contributed by atoms with Gasteiger partial charge in [0.2, 0.25) is 0 Å². The maximum absolute atomic E-state index is 12.1. The van der Waals surface area contributed by atoms with Gasteiger partial charge in [-0.2, -0.15) is 0 Å². The third kappa shape index (κ3) is 4.79. The van der Waals surface area contributed by atoms with Gasteiger partial charge in [0.25, 0.3) is 5.91 Å². The number of methoxy groups -OCH3 is 1. The van der Waals surface area contributed by atoms with Gasteiger partial charge in [-0.05, 0) is 25.5 Å². The smallest absolute Gasteiger partial charge is 0.251 e. The third-order valence-corrected chi connectivity index (χ3v) is 2.70. The van der Waals surface area contributed by atoms with Gasteiger partial charge in [0.05, 0.1) is 19.3 Å². The van der Waals surface area contributed by atoms with E-state index in [2.05, 4.69) is 5.32 Å². The molecule has 0 fully saturated rings. The van der Waals surface area contributed by atoms with Crippen molar-refractivity contribution in [2.45, 2.75) is 26.3 Å². The molecule has 1 amide bonds. The summed E-state index contributed by atoms with van der Waals surface area (Å²) in [5.41, 5.74) is 6.77. The van der Waals surface area contributed by atoms with Crippen LogP contribution < -0.4 is 15.8 Å². The Morgan fingerprint density at radius 2 is 2.11 bits per heavy atom. The van der Waals surface area contributed by atoms with Crippen LogP contribution in [0.25, 0.3) is 0 Å². The molecular formula is C14H22N2O3. The van der Waals surface area contributed by atoms with Gasteiger partial charge in [0.15, 0.2) is 0 Å². The van der Waals surface area contributed by atoms with Crippen molar-refractivity contribution in [3.63, 3.8) is 0 Å². The number of nitrogens with two attached hydrogens (primary N) is 1. The van der Waals surface area contributed by atoms with Crippen LogP contribution in [0.3, 0.4) is 0 Å². The molecule has 0 heterocycles. The topological polar surface area (TPSA) is 73.6 Å². The number of nitrogens with one attached hydrogen (secondary N) is 1. The van der Waals surface area contributed by atoms with Gasteiger partial charge in [0, 0.05) is 24.4 Å². The molecule has 1 rings (SSSR count). The van der Waals surface area contributed by atoms with Crippen molar-refractivity contribution in [2.24, 2.45) is 0 Å². The fourth-order valence-corrected chi connectivity index (χ4v) is 1.73. The van der Waals surface area contributed by atoms with E-state index in [-0.39, 0.29) is 11.9 Å². The van der Waals surface area contributed by atoms with E-state index in [0.29, 0.717) is 30.2 Å². The number of hydrogen-bond acceptors (Lipinski definition) is 4. The summed E-state index contributed by atoms with van der Waals surface area (Å²) in [6.45, 7) is 4.90. The lowest BCUT2D eigenvalue weighted by atomic mass is 10.1. The molecule has 0 radical (unpaired) electrons. The van der Waals surface area contributed by atoms with Gasteiger partial charge >= 0.3 is 0 Å². The van der Waals surface area contributed by atoms with Gasteiger partial charge in [-0.15, -0.1) is 0 Å². The molecule has 0 aliphatic heterocycles. The van der Waals surface area contributed by atoms with Crippen molar-refractivity contribution < 1.29 is 14.3 Å². The Labute approximate surface area is 114 Å². The van der Waals surface area contributed by atoms with Crippen LogP contribution in [0, 0.1) is 0 Å². The zero-order chi connectivity index (χ0) is 14.3. The van der Waals surface area contributed by atoms with Crippen LogP contribution in [0.1, 0.15) is 30.6 Å². The molecule has 0 spiro atoms. The van der Waals surface area contributed by atoms with Gasteiger partial charge < -0.3 is 20.5 Å². The minimum absolute atomic E-state index is 0.00512. The lowest BCUT2D eigenvalue weighted by molar-refractivity contribution is 0.0894. The maximum Gasteiger partial charge on any atom is 0.251 e. The van der Waals surface area contributed by atoms with Crippen molar-refractivity contribution in [2.75, 3.05) is 26.1 Å². The quantitative estimate of drug-likeness (QED) is 0.738. The number of ether oxygens (including phenoxy) is 2. The predicted molar refractivity (Wildman–Crippen MR) is 75.4 cm³/mol. The maximum atomic E-state index is 12.1. The second-order valence-electron chi connectivity index (χ2n) is 4.26. The average Bonchev–Trinajstić information content (AvgIpc) is 2.37. The first-order chi connectivity index (χ1) is 9.10. The first kappa shape index (κ1) is 15.3. The molecule has 0 bridgehead atoms. The lowest BCUT2D eigenvalue weighted by Crippen LogP contribution is -2.37. The van der Waals surface area contributed by atoms with Crippen molar-refractivity contribution in [1.29, 1.82) is 0 Å². The largest absolute Gasteiger partial charge is 0.494 e. The van der Waals surface area contributed by atoms with Crippen molar-refractivity contribution in [3.8, 4) is 5.75 Å². The van der Waals surface area contributed by atoms with E-state index in [0.717, 1.165) is 6.42 Å². The average molecular weight is 266 g/mol. The SMILES string of the molecule is CCOc1cc(N)cc(C(=O)NC(CC)COC)c1. The summed E-state index contributed by atoms with van der Waals surface area (Å²) < 4.78 is 10.4. The first-order valence-corrected chi connectivity index (χ1v) is 6.43. The molecule has 5 heteroatoms. The van der Waals surface area contributed by atoms with E-state index in [1.54, 1.807) is 25.3 Å². The minimum atomic E-state index is -0.169. The third-order valence-electron chi connectivity index (χ3n) is 2.70. The molecule has 1 aromatic carbocycles. The highest BCUT2D eigenvalue weighted by Crippen LogP contribution is 2.19. The summed E-state index contributed by atoms with van der Waals surface area (Å²) >= 11 is 0. The highest BCUT2D eigenvalue weighted by atomic mass is 16.5. The summed E-state index contributed by atoms with van der Waals surface area (Å²) in [5.74, 6) is 0.435. The monoisotopic (exact) mass is 266 g/mol. The summed E-state index contributed by atoms with van der Waals surface area (Å²) in [7, 11) is 1.61. The molecule has 0 saturated carbocycles. The molecule has 1 atom stereocenters. The predicted octanol–water partition coefficient (Wildman–Crippen LogP) is 1.82. The fourth-order valence-electron chi connectivity index (χ4n) is 1.73.